The van der Waals surface area contributed by atoms with Gasteiger partial charge in [0.15, 0.2) is 0 Å². The molecule has 0 N–H and O–H groups in total. The number of allylic oxidation sites excluding steroid dienone is 2. The predicted octanol–water partition coefficient (Wildman–Crippen LogP) is 2.82. The summed E-state index contributed by atoms with van der Waals surface area (Å²) >= 11 is 0. The number of hydrogen-bond donors (Lipinski definition) is 0. The highest BCUT2D eigenvalue weighted by Gasteiger charge is 1.97. The number of fused-ring (bicyclic) bond motifs is 1. The molecule has 0 aromatic heterocycles. The fraction of sp³-hybridized carbons (Fsp3) is 0.111. The Balaban J connectivity index is 1.71. The Morgan fingerprint density at radius 3 is 2.00 bits per heavy atom. The van der Waals surface area contributed by atoms with E-state index in [0.29, 0.717) is 0 Å². The fourth-order valence-corrected chi connectivity index (χ4v) is 2.34. The molecule has 88 valence electrons. The first-order valence-corrected chi connectivity index (χ1v) is 6.44. The summed E-state index contributed by atoms with van der Waals surface area (Å²) in [6, 6.07) is 19.2. The van der Waals surface area contributed by atoms with Gasteiger partial charge in [0.2, 0.25) is 0 Å². The standard InChI is InChI=1S/C18H16/c1-2-7-15(8-3-1)9-6-10-16-13-17-11-4-5-12-18(17)14-16/h1-5,7-8,10-14H,6,9H2. The van der Waals surface area contributed by atoms with Crippen LogP contribution in [0.3, 0.4) is 0 Å². The molecule has 0 saturated heterocycles. The Morgan fingerprint density at radius 1 is 0.722 bits per heavy atom. The van der Waals surface area contributed by atoms with Gasteiger partial charge < -0.3 is 0 Å². The van der Waals surface area contributed by atoms with E-state index in [1.54, 1.807) is 0 Å². The maximum absolute atomic E-state index is 2.33. The van der Waals surface area contributed by atoms with Gasteiger partial charge in [-0.3, -0.25) is 0 Å². The van der Waals surface area contributed by atoms with E-state index in [-0.39, 0.29) is 0 Å². The first kappa shape index (κ1) is 11.0. The van der Waals surface area contributed by atoms with Crippen molar-refractivity contribution in [2.24, 2.45) is 0 Å². The zero-order chi connectivity index (χ0) is 12.2. The smallest absolute Gasteiger partial charge is 0.0178 e. The van der Waals surface area contributed by atoms with Crippen molar-refractivity contribution in [3.05, 3.63) is 82.2 Å². The van der Waals surface area contributed by atoms with Crippen LogP contribution in [-0.4, -0.2) is 0 Å². The van der Waals surface area contributed by atoms with E-state index in [9.17, 15) is 0 Å². The molecular formula is C18H16. The van der Waals surface area contributed by atoms with Gasteiger partial charge in [0.05, 0.1) is 0 Å². The van der Waals surface area contributed by atoms with Crippen molar-refractivity contribution >= 4 is 12.2 Å². The molecule has 0 unspecified atom stereocenters. The van der Waals surface area contributed by atoms with Crippen LogP contribution in [0, 0.1) is 0 Å². The Morgan fingerprint density at radius 2 is 1.33 bits per heavy atom. The van der Waals surface area contributed by atoms with Crippen LogP contribution in [0.25, 0.3) is 12.2 Å². The van der Waals surface area contributed by atoms with Gasteiger partial charge in [0.1, 0.15) is 0 Å². The summed E-state index contributed by atoms with van der Waals surface area (Å²) in [6.07, 6.45) is 9.07. The maximum atomic E-state index is 2.33. The van der Waals surface area contributed by atoms with Crippen molar-refractivity contribution in [3.8, 4) is 0 Å². The molecule has 1 aliphatic carbocycles. The van der Waals surface area contributed by atoms with Crippen LogP contribution in [0.1, 0.15) is 12.0 Å². The Labute approximate surface area is 108 Å². The van der Waals surface area contributed by atoms with Gasteiger partial charge in [-0.15, -0.1) is 0 Å². The lowest BCUT2D eigenvalue weighted by Crippen LogP contribution is -2.19. The molecule has 0 heterocycles. The fourth-order valence-electron chi connectivity index (χ4n) is 2.34. The van der Waals surface area contributed by atoms with Crippen molar-refractivity contribution in [1.82, 2.24) is 0 Å². The maximum Gasteiger partial charge on any atom is -0.0178 e. The third-order valence-electron chi connectivity index (χ3n) is 3.30. The van der Waals surface area contributed by atoms with Crippen LogP contribution >= 0.6 is 0 Å². The summed E-state index contributed by atoms with van der Waals surface area (Å²) in [6.45, 7) is 0. The van der Waals surface area contributed by atoms with E-state index in [1.165, 1.54) is 21.6 Å². The normalized spacial score (nSPS) is 12.6. The van der Waals surface area contributed by atoms with E-state index in [4.69, 9.17) is 0 Å². The minimum Gasteiger partial charge on any atom is -0.0769 e. The highest BCUT2D eigenvalue weighted by atomic mass is 14.0. The van der Waals surface area contributed by atoms with Gasteiger partial charge in [0, 0.05) is 0 Å². The lowest BCUT2D eigenvalue weighted by atomic mass is 10.1. The van der Waals surface area contributed by atoms with Crippen molar-refractivity contribution in [3.63, 3.8) is 0 Å². The third kappa shape index (κ3) is 2.43. The van der Waals surface area contributed by atoms with Gasteiger partial charge in [-0.1, -0.05) is 60.7 Å². The van der Waals surface area contributed by atoms with Gasteiger partial charge in [-0.05, 0) is 46.6 Å². The molecule has 0 spiro atoms. The van der Waals surface area contributed by atoms with Gasteiger partial charge in [-0.25, -0.2) is 0 Å². The minimum absolute atomic E-state index is 1.10. The molecule has 0 nitrogen and oxygen atoms in total. The molecule has 0 radical (unpaired) electrons. The summed E-state index contributed by atoms with van der Waals surface area (Å²) in [5, 5.41) is 2.67. The molecule has 2 aromatic carbocycles. The highest BCUT2D eigenvalue weighted by molar-refractivity contribution is 5.71. The lowest BCUT2D eigenvalue weighted by molar-refractivity contribution is 1.000. The van der Waals surface area contributed by atoms with E-state index in [1.807, 2.05) is 0 Å². The molecule has 0 amide bonds. The van der Waals surface area contributed by atoms with Crippen LogP contribution in [0.2, 0.25) is 0 Å². The first-order valence-electron chi connectivity index (χ1n) is 6.44. The summed E-state index contributed by atoms with van der Waals surface area (Å²) in [5.41, 5.74) is 2.75. The van der Waals surface area contributed by atoms with Gasteiger partial charge in [0.25, 0.3) is 0 Å². The number of benzene rings is 2. The predicted molar refractivity (Wildman–Crippen MR) is 77.5 cm³/mol. The number of rotatable bonds is 3. The van der Waals surface area contributed by atoms with E-state index >= 15 is 0 Å². The summed E-state index contributed by atoms with van der Waals surface area (Å²) in [4.78, 5) is 0. The van der Waals surface area contributed by atoms with Crippen LogP contribution in [0.15, 0.2) is 66.2 Å². The molecule has 0 heteroatoms. The second-order valence-corrected chi connectivity index (χ2v) is 4.65. The monoisotopic (exact) mass is 232 g/mol. The van der Waals surface area contributed by atoms with Crippen LogP contribution in [0.4, 0.5) is 0 Å². The molecule has 1 aliphatic rings. The van der Waals surface area contributed by atoms with Crippen LogP contribution in [0.5, 0.6) is 0 Å². The average molecular weight is 232 g/mol. The molecule has 3 rings (SSSR count). The molecule has 0 bridgehead atoms. The second kappa shape index (κ2) is 5.05. The molecule has 0 saturated carbocycles. The van der Waals surface area contributed by atoms with Gasteiger partial charge >= 0.3 is 0 Å². The van der Waals surface area contributed by atoms with Crippen molar-refractivity contribution in [2.75, 3.05) is 0 Å². The molecule has 18 heavy (non-hydrogen) atoms. The molecule has 0 aliphatic heterocycles. The quantitative estimate of drug-likeness (QED) is 0.763. The Bertz CT molecular complexity index is 638. The number of aryl methyl sites for hydroxylation is 1. The molecule has 0 atom stereocenters. The van der Waals surface area contributed by atoms with Crippen LogP contribution in [-0.2, 0) is 6.42 Å². The molecular weight excluding hydrogens is 216 g/mol. The van der Waals surface area contributed by atoms with Crippen molar-refractivity contribution < 1.29 is 0 Å². The van der Waals surface area contributed by atoms with E-state index in [0.717, 1.165) is 12.8 Å². The molecule has 0 fully saturated rings. The SMILES string of the molecule is C(CCc1ccccc1)=C1C=c2ccccc2=C1. The topological polar surface area (TPSA) is 0 Å². The largest absolute Gasteiger partial charge is 0.0769 e. The Hall–Kier alpha value is -2.08. The summed E-state index contributed by atoms with van der Waals surface area (Å²) < 4.78 is 0. The van der Waals surface area contributed by atoms with Crippen molar-refractivity contribution in [2.45, 2.75) is 12.8 Å². The van der Waals surface area contributed by atoms with E-state index < -0.39 is 0 Å². The highest BCUT2D eigenvalue weighted by Crippen LogP contribution is 2.08. The Kier molecular flexibility index (Phi) is 3.10. The average Bonchev–Trinajstić information content (AvgIpc) is 2.82. The zero-order valence-electron chi connectivity index (χ0n) is 10.3. The third-order valence-corrected chi connectivity index (χ3v) is 3.30. The lowest BCUT2D eigenvalue weighted by Gasteiger charge is -1.97. The first-order chi connectivity index (χ1) is 8.92. The zero-order valence-corrected chi connectivity index (χ0v) is 10.3. The summed E-state index contributed by atoms with van der Waals surface area (Å²) in [5.74, 6) is 0. The van der Waals surface area contributed by atoms with Crippen molar-refractivity contribution in [1.29, 1.82) is 0 Å². The summed E-state index contributed by atoms with van der Waals surface area (Å²) in [7, 11) is 0. The molecule has 2 aromatic rings. The second-order valence-electron chi connectivity index (χ2n) is 4.65. The van der Waals surface area contributed by atoms with Crippen LogP contribution < -0.4 is 10.4 Å². The number of hydrogen-bond acceptors (Lipinski definition) is 0. The minimum atomic E-state index is 1.10. The van der Waals surface area contributed by atoms with E-state index in [2.05, 4.69) is 72.8 Å². The van der Waals surface area contributed by atoms with Gasteiger partial charge in [-0.2, -0.15) is 0 Å².